The Morgan fingerprint density at radius 2 is 1.65 bits per heavy atom. The highest BCUT2D eigenvalue weighted by molar-refractivity contribution is 6.47. The van der Waals surface area contributed by atoms with Gasteiger partial charge in [-0.05, 0) is 44.0 Å². The van der Waals surface area contributed by atoms with Crippen LogP contribution in [0.2, 0.25) is 0 Å². The number of allylic oxidation sites excluding steroid dienone is 1. The predicted octanol–water partition coefficient (Wildman–Crippen LogP) is 1.90. The van der Waals surface area contributed by atoms with E-state index in [2.05, 4.69) is 37.2 Å². The molecular formula is C34H49N7O7. The van der Waals surface area contributed by atoms with Crippen LogP contribution in [0.4, 0.5) is 5.69 Å². The summed E-state index contributed by atoms with van der Waals surface area (Å²) < 4.78 is 21.3. The van der Waals surface area contributed by atoms with E-state index in [1.54, 1.807) is 37.4 Å². The zero-order valence-electron chi connectivity index (χ0n) is 28.0. The van der Waals surface area contributed by atoms with Crippen molar-refractivity contribution in [2.75, 3.05) is 77.8 Å². The molecule has 14 heteroatoms. The van der Waals surface area contributed by atoms with Crippen molar-refractivity contribution < 1.29 is 33.3 Å². The largest absolute Gasteiger partial charge is 0.387 e. The van der Waals surface area contributed by atoms with Crippen LogP contribution in [-0.2, 0) is 28.5 Å². The van der Waals surface area contributed by atoms with Crippen LogP contribution in [0.15, 0.2) is 57.9 Å². The van der Waals surface area contributed by atoms with Crippen molar-refractivity contribution in [2.45, 2.75) is 39.5 Å². The molecule has 1 heterocycles. The number of terminal acetylenes is 1. The molecule has 0 unspecified atom stereocenters. The van der Waals surface area contributed by atoms with Crippen LogP contribution in [0.3, 0.4) is 0 Å². The molecule has 0 bridgehead atoms. The molecule has 2 rings (SSSR count). The summed E-state index contributed by atoms with van der Waals surface area (Å²) in [5, 5.41) is 12.0. The van der Waals surface area contributed by atoms with Gasteiger partial charge in [0.15, 0.2) is 5.71 Å². The van der Waals surface area contributed by atoms with Crippen molar-refractivity contribution in [1.29, 1.82) is 0 Å². The second kappa shape index (κ2) is 24.6. The number of unbranched alkanes of at least 4 members (excludes halogenated alkanes) is 1. The molecule has 0 aromatic heterocycles. The lowest BCUT2D eigenvalue weighted by Crippen LogP contribution is -2.29. The van der Waals surface area contributed by atoms with Crippen molar-refractivity contribution in [3.05, 3.63) is 53.5 Å². The molecular weight excluding hydrogens is 618 g/mol. The maximum absolute atomic E-state index is 12.6. The number of carbonyl (C=O) groups is 3. The van der Waals surface area contributed by atoms with Crippen LogP contribution in [0.25, 0.3) is 0 Å². The molecule has 0 saturated heterocycles. The number of nitrogens with zero attached hydrogens (tertiary/aromatic N) is 2. The SMILES string of the molecule is C#CCOCCOCCOCCOCCNC(=O)CCCNC(=O)c1ccc(NCC2=CN/C(=C\CCC)C(C(=O)N=C(C)N)=N2)cc1. The number of amides is 3. The minimum Gasteiger partial charge on any atom is -0.387 e. The fourth-order valence-electron chi connectivity index (χ4n) is 4.00. The van der Waals surface area contributed by atoms with Gasteiger partial charge in [-0.2, -0.15) is 4.99 Å². The first-order valence-corrected chi connectivity index (χ1v) is 16.1. The number of anilines is 1. The number of rotatable bonds is 24. The van der Waals surface area contributed by atoms with E-state index in [1.165, 1.54) is 0 Å². The van der Waals surface area contributed by atoms with Gasteiger partial charge in [0.1, 0.15) is 12.4 Å². The third-order valence-electron chi connectivity index (χ3n) is 6.38. The highest BCUT2D eigenvalue weighted by Gasteiger charge is 2.20. The summed E-state index contributed by atoms with van der Waals surface area (Å²) in [5.74, 6) is 1.70. The van der Waals surface area contributed by atoms with Gasteiger partial charge in [0.05, 0.1) is 64.2 Å². The van der Waals surface area contributed by atoms with E-state index in [0.29, 0.717) is 89.3 Å². The minimum absolute atomic E-state index is 0.109. The smallest absolute Gasteiger partial charge is 0.299 e. The van der Waals surface area contributed by atoms with Crippen LogP contribution in [0, 0.1) is 12.3 Å². The molecule has 0 atom stereocenters. The molecule has 0 spiro atoms. The highest BCUT2D eigenvalue weighted by Crippen LogP contribution is 2.14. The molecule has 1 aromatic rings. The van der Waals surface area contributed by atoms with Crippen molar-refractivity contribution in [3.8, 4) is 12.3 Å². The molecule has 1 aromatic carbocycles. The maximum atomic E-state index is 12.6. The molecule has 0 fully saturated rings. The van der Waals surface area contributed by atoms with Crippen molar-refractivity contribution in [3.63, 3.8) is 0 Å². The van der Waals surface area contributed by atoms with Gasteiger partial charge < -0.3 is 45.9 Å². The molecule has 0 radical (unpaired) electrons. The fraction of sp³-hybridized carbons (Fsp3) is 0.500. The standard InChI is InChI=1S/C34H49N7O7/c1-4-6-8-30-32(34(44)40-26(3)35)41-29(25-39-30)24-38-28-12-10-27(11-13-28)33(43)37-14-7-9-31(42)36-15-17-46-19-21-48-23-22-47-20-18-45-16-5-2/h2,8,10-13,25,38-39H,4,6-7,9,14-24H2,1,3H3,(H,36,42)(H,37,43)(H2,35,40,44)/b30-8-. The van der Waals surface area contributed by atoms with E-state index in [4.69, 9.17) is 31.1 Å². The minimum atomic E-state index is -0.506. The van der Waals surface area contributed by atoms with Gasteiger partial charge in [-0.3, -0.25) is 14.4 Å². The predicted molar refractivity (Wildman–Crippen MR) is 186 cm³/mol. The van der Waals surface area contributed by atoms with Gasteiger partial charge in [-0.25, -0.2) is 4.99 Å². The number of nitrogens with two attached hydrogens (primary N) is 1. The monoisotopic (exact) mass is 667 g/mol. The van der Waals surface area contributed by atoms with Gasteiger partial charge in [-0.1, -0.05) is 25.3 Å². The lowest BCUT2D eigenvalue weighted by atomic mass is 10.1. The van der Waals surface area contributed by atoms with E-state index in [0.717, 1.165) is 18.5 Å². The van der Waals surface area contributed by atoms with E-state index in [9.17, 15) is 14.4 Å². The molecule has 0 aliphatic carbocycles. The van der Waals surface area contributed by atoms with Gasteiger partial charge in [0, 0.05) is 37.0 Å². The third-order valence-corrected chi connectivity index (χ3v) is 6.38. The highest BCUT2D eigenvalue weighted by atomic mass is 16.6. The Hall–Kier alpha value is -4.55. The quantitative estimate of drug-likeness (QED) is 0.0472. The van der Waals surface area contributed by atoms with Crippen LogP contribution in [0.1, 0.15) is 49.9 Å². The van der Waals surface area contributed by atoms with E-state index < -0.39 is 5.91 Å². The normalized spacial score (nSPS) is 13.6. The van der Waals surface area contributed by atoms with Gasteiger partial charge in [0.25, 0.3) is 11.8 Å². The average Bonchev–Trinajstić information content (AvgIpc) is 3.08. The molecule has 1 aliphatic rings. The first-order valence-electron chi connectivity index (χ1n) is 16.1. The van der Waals surface area contributed by atoms with Crippen molar-refractivity contribution in [1.82, 2.24) is 16.0 Å². The van der Waals surface area contributed by atoms with Crippen LogP contribution < -0.4 is 27.0 Å². The lowest BCUT2D eigenvalue weighted by molar-refractivity contribution is -0.121. The second-order valence-electron chi connectivity index (χ2n) is 10.4. The van der Waals surface area contributed by atoms with Gasteiger partial charge in [-0.15, -0.1) is 6.42 Å². The van der Waals surface area contributed by atoms with Crippen LogP contribution >= 0.6 is 0 Å². The number of ether oxygens (including phenoxy) is 4. The van der Waals surface area contributed by atoms with Crippen molar-refractivity contribution in [2.24, 2.45) is 15.7 Å². The number of aliphatic imine (C=N–C) groups is 2. The summed E-state index contributed by atoms with van der Waals surface area (Å²) >= 11 is 0. The van der Waals surface area contributed by atoms with E-state index in [1.807, 2.05) is 13.0 Å². The number of hydrogen-bond donors (Lipinski definition) is 5. The molecule has 1 aliphatic heterocycles. The fourth-order valence-corrected chi connectivity index (χ4v) is 4.00. The van der Waals surface area contributed by atoms with Gasteiger partial charge in [0.2, 0.25) is 5.91 Å². The Balaban J connectivity index is 1.58. The van der Waals surface area contributed by atoms with Gasteiger partial charge >= 0.3 is 0 Å². The Kier molecular flexibility index (Phi) is 20.3. The molecule has 262 valence electrons. The molecule has 3 amide bonds. The molecule has 0 saturated carbocycles. The lowest BCUT2D eigenvalue weighted by Gasteiger charge is -2.17. The summed E-state index contributed by atoms with van der Waals surface area (Å²) in [6.45, 7) is 8.04. The Morgan fingerprint density at radius 3 is 2.29 bits per heavy atom. The third kappa shape index (κ3) is 17.4. The first kappa shape index (κ1) is 39.6. The summed E-state index contributed by atoms with van der Waals surface area (Å²) in [6.07, 6.45) is 11.2. The summed E-state index contributed by atoms with van der Waals surface area (Å²) in [7, 11) is 0. The molecule has 14 nitrogen and oxygen atoms in total. The Morgan fingerprint density at radius 1 is 0.979 bits per heavy atom. The topological polar surface area (TPSA) is 187 Å². The molecule has 48 heavy (non-hydrogen) atoms. The zero-order valence-corrected chi connectivity index (χ0v) is 28.0. The number of carbonyl (C=O) groups excluding carboxylic acids is 3. The summed E-state index contributed by atoms with van der Waals surface area (Å²) in [5.41, 5.74) is 8.29. The number of benzene rings is 1. The van der Waals surface area contributed by atoms with E-state index >= 15 is 0 Å². The second-order valence-corrected chi connectivity index (χ2v) is 10.4. The number of amidine groups is 1. The molecule has 6 N–H and O–H groups in total. The Bertz CT molecular complexity index is 1310. The van der Waals surface area contributed by atoms with E-state index in [-0.39, 0.29) is 36.4 Å². The summed E-state index contributed by atoms with van der Waals surface area (Å²) in [6, 6.07) is 6.98. The van der Waals surface area contributed by atoms with Crippen LogP contribution in [0.5, 0.6) is 0 Å². The number of hydrogen-bond acceptors (Lipinski definition) is 10. The Labute approximate surface area is 283 Å². The zero-order chi connectivity index (χ0) is 34.8. The first-order chi connectivity index (χ1) is 23.3. The van der Waals surface area contributed by atoms with Crippen molar-refractivity contribution >= 4 is 35.0 Å². The summed E-state index contributed by atoms with van der Waals surface area (Å²) in [4.78, 5) is 45.5. The van der Waals surface area contributed by atoms with Crippen LogP contribution in [-0.4, -0.2) is 102 Å². The number of nitrogens with one attached hydrogen (secondary N) is 4. The maximum Gasteiger partial charge on any atom is 0.299 e. The average molecular weight is 668 g/mol.